The Morgan fingerprint density at radius 1 is 1.21 bits per heavy atom. The second-order valence-electron chi connectivity index (χ2n) is 3.89. The molecule has 0 aliphatic carbocycles. The van der Waals surface area contributed by atoms with Gasteiger partial charge in [0.2, 0.25) is 0 Å². The summed E-state index contributed by atoms with van der Waals surface area (Å²) in [5.74, 6) is 0.561. The highest BCUT2D eigenvalue weighted by atomic mass is 16.6. The number of non-ortho nitro benzene ring substituents is 1. The van der Waals surface area contributed by atoms with Crippen LogP contribution in [0.4, 0.5) is 5.69 Å². The predicted octanol–water partition coefficient (Wildman–Crippen LogP) is 3.08. The van der Waals surface area contributed by atoms with Crippen LogP contribution in [0.5, 0.6) is 5.75 Å². The van der Waals surface area contributed by atoms with Gasteiger partial charge in [0.15, 0.2) is 0 Å². The van der Waals surface area contributed by atoms with E-state index in [2.05, 4.69) is 0 Å². The van der Waals surface area contributed by atoms with Gasteiger partial charge in [-0.25, -0.2) is 0 Å². The number of hydrogen-bond acceptors (Lipinski definition) is 4. The maximum atomic E-state index is 10.8. The Labute approximate surface area is 109 Å². The normalized spacial score (nSPS) is 9.95. The third-order valence-corrected chi connectivity index (χ3v) is 2.73. The number of aldehydes is 1. The van der Waals surface area contributed by atoms with Crippen molar-refractivity contribution in [2.24, 2.45) is 0 Å². The molecule has 5 nitrogen and oxygen atoms in total. The van der Waals surface area contributed by atoms with E-state index < -0.39 is 4.92 Å². The molecule has 2 aromatic rings. The Balaban J connectivity index is 2.59. The molecule has 0 saturated heterocycles. The second-order valence-corrected chi connectivity index (χ2v) is 3.89. The average Bonchev–Trinajstić information content (AvgIpc) is 2.46. The van der Waals surface area contributed by atoms with E-state index >= 15 is 0 Å². The molecule has 2 aromatic carbocycles. The SMILES string of the molecule is COc1ccc(C=O)cc1-c1cccc([N+](=O)[O-])c1. The first kappa shape index (κ1) is 12.8. The Kier molecular flexibility index (Phi) is 3.56. The molecule has 0 aliphatic rings. The molecule has 0 aliphatic heterocycles. The molecule has 5 heteroatoms. The van der Waals surface area contributed by atoms with Crippen molar-refractivity contribution in [3.05, 3.63) is 58.1 Å². The van der Waals surface area contributed by atoms with Gasteiger partial charge in [0, 0.05) is 23.3 Å². The van der Waals surface area contributed by atoms with Crippen LogP contribution in [-0.4, -0.2) is 18.3 Å². The van der Waals surface area contributed by atoms with Crippen molar-refractivity contribution in [3.63, 3.8) is 0 Å². The van der Waals surface area contributed by atoms with Crippen LogP contribution in [0.3, 0.4) is 0 Å². The number of rotatable bonds is 4. The summed E-state index contributed by atoms with van der Waals surface area (Å²) in [5, 5.41) is 10.8. The van der Waals surface area contributed by atoms with Gasteiger partial charge < -0.3 is 4.74 Å². The van der Waals surface area contributed by atoms with Crippen LogP contribution in [0.2, 0.25) is 0 Å². The van der Waals surface area contributed by atoms with Gasteiger partial charge >= 0.3 is 0 Å². The largest absolute Gasteiger partial charge is 0.496 e. The first-order chi connectivity index (χ1) is 9.15. The van der Waals surface area contributed by atoms with Gasteiger partial charge in [-0.2, -0.15) is 0 Å². The smallest absolute Gasteiger partial charge is 0.270 e. The van der Waals surface area contributed by atoms with E-state index in [1.807, 2.05) is 0 Å². The average molecular weight is 257 g/mol. The summed E-state index contributed by atoms with van der Waals surface area (Å²) in [6, 6.07) is 11.1. The fourth-order valence-electron chi connectivity index (χ4n) is 1.81. The van der Waals surface area contributed by atoms with Crippen molar-refractivity contribution in [3.8, 4) is 16.9 Å². The van der Waals surface area contributed by atoms with Crippen molar-refractivity contribution >= 4 is 12.0 Å². The van der Waals surface area contributed by atoms with Gasteiger partial charge in [0.05, 0.1) is 12.0 Å². The molecule has 0 unspecified atom stereocenters. The van der Waals surface area contributed by atoms with Crippen molar-refractivity contribution < 1.29 is 14.5 Å². The lowest BCUT2D eigenvalue weighted by atomic mass is 10.0. The highest BCUT2D eigenvalue weighted by Crippen LogP contribution is 2.32. The molecule has 2 rings (SSSR count). The van der Waals surface area contributed by atoms with Crippen LogP contribution < -0.4 is 4.74 Å². The van der Waals surface area contributed by atoms with Crippen molar-refractivity contribution in [1.29, 1.82) is 0 Å². The summed E-state index contributed by atoms with van der Waals surface area (Å²) in [7, 11) is 1.51. The lowest BCUT2D eigenvalue weighted by Crippen LogP contribution is -1.92. The van der Waals surface area contributed by atoms with E-state index in [9.17, 15) is 14.9 Å². The lowest BCUT2D eigenvalue weighted by Gasteiger charge is -2.09. The number of carbonyl (C=O) groups excluding carboxylic acids is 1. The van der Waals surface area contributed by atoms with E-state index in [0.29, 0.717) is 22.4 Å². The number of hydrogen-bond donors (Lipinski definition) is 0. The minimum absolute atomic E-state index is 0.00365. The Morgan fingerprint density at radius 3 is 2.63 bits per heavy atom. The molecule has 0 spiro atoms. The maximum absolute atomic E-state index is 10.8. The molecule has 0 amide bonds. The van der Waals surface area contributed by atoms with E-state index in [4.69, 9.17) is 4.74 Å². The predicted molar refractivity (Wildman–Crippen MR) is 70.5 cm³/mol. The molecule has 0 bridgehead atoms. The highest BCUT2D eigenvalue weighted by Gasteiger charge is 2.11. The zero-order valence-corrected chi connectivity index (χ0v) is 10.2. The van der Waals surface area contributed by atoms with Crippen molar-refractivity contribution in [2.75, 3.05) is 7.11 Å². The molecule has 0 saturated carbocycles. The number of methoxy groups -OCH3 is 1. The lowest BCUT2D eigenvalue weighted by molar-refractivity contribution is -0.384. The topological polar surface area (TPSA) is 69.4 Å². The number of nitro benzene ring substituents is 1. The van der Waals surface area contributed by atoms with Crippen molar-refractivity contribution in [1.82, 2.24) is 0 Å². The fourth-order valence-corrected chi connectivity index (χ4v) is 1.81. The third-order valence-electron chi connectivity index (χ3n) is 2.73. The van der Waals surface area contributed by atoms with Gasteiger partial charge in [-0.3, -0.25) is 14.9 Å². The summed E-state index contributed by atoms with van der Waals surface area (Å²) in [5.41, 5.74) is 1.77. The third kappa shape index (κ3) is 2.60. The molecular weight excluding hydrogens is 246 g/mol. The van der Waals surface area contributed by atoms with Gasteiger partial charge in [-0.05, 0) is 23.8 Å². The maximum Gasteiger partial charge on any atom is 0.270 e. The summed E-state index contributed by atoms with van der Waals surface area (Å²) < 4.78 is 5.21. The second kappa shape index (κ2) is 5.30. The van der Waals surface area contributed by atoms with Gasteiger partial charge in [0.25, 0.3) is 5.69 Å². The first-order valence-corrected chi connectivity index (χ1v) is 5.53. The molecule has 0 radical (unpaired) electrons. The number of nitrogens with zero attached hydrogens (tertiary/aromatic N) is 1. The summed E-state index contributed by atoms with van der Waals surface area (Å²) in [4.78, 5) is 21.1. The van der Waals surface area contributed by atoms with Gasteiger partial charge in [-0.1, -0.05) is 12.1 Å². The Hall–Kier alpha value is -2.69. The van der Waals surface area contributed by atoms with Crippen LogP contribution in [0, 0.1) is 10.1 Å². The van der Waals surface area contributed by atoms with E-state index in [0.717, 1.165) is 6.29 Å². The fraction of sp³-hybridized carbons (Fsp3) is 0.0714. The summed E-state index contributed by atoms with van der Waals surface area (Å²) >= 11 is 0. The monoisotopic (exact) mass is 257 g/mol. The molecule has 0 heterocycles. The number of carbonyl (C=O) groups is 1. The quantitative estimate of drug-likeness (QED) is 0.479. The molecule has 0 atom stereocenters. The van der Waals surface area contributed by atoms with Gasteiger partial charge in [0.1, 0.15) is 12.0 Å². The zero-order chi connectivity index (χ0) is 13.8. The van der Waals surface area contributed by atoms with Crippen LogP contribution in [-0.2, 0) is 0 Å². The number of benzene rings is 2. The van der Waals surface area contributed by atoms with Gasteiger partial charge in [-0.15, -0.1) is 0 Å². The molecule has 0 N–H and O–H groups in total. The van der Waals surface area contributed by atoms with Crippen LogP contribution in [0.25, 0.3) is 11.1 Å². The summed E-state index contributed by atoms with van der Waals surface area (Å²) in [6.45, 7) is 0. The van der Waals surface area contributed by atoms with E-state index in [1.165, 1.54) is 19.2 Å². The standard InChI is InChI=1S/C14H11NO4/c1-19-14-6-5-10(9-16)7-13(14)11-3-2-4-12(8-11)15(17)18/h2-9H,1H3. The first-order valence-electron chi connectivity index (χ1n) is 5.53. The summed E-state index contributed by atoms with van der Waals surface area (Å²) in [6.07, 6.45) is 0.723. The highest BCUT2D eigenvalue weighted by molar-refractivity contribution is 5.82. The Bertz CT molecular complexity index is 637. The molecule has 0 fully saturated rings. The Morgan fingerprint density at radius 2 is 2.00 bits per heavy atom. The van der Waals surface area contributed by atoms with E-state index in [1.54, 1.807) is 30.3 Å². The molecule has 96 valence electrons. The number of ether oxygens (including phenoxy) is 1. The minimum atomic E-state index is -0.459. The van der Waals surface area contributed by atoms with Crippen LogP contribution in [0.1, 0.15) is 10.4 Å². The van der Waals surface area contributed by atoms with Crippen molar-refractivity contribution in [2.45, 2.75) is 0 Å². The minimum Gasteiger partial charge on any atom is -0.496 e. The van der Waals surface area contributed by atoms with Crippen LogP contribution >= 0.6 is 0 Å². The zero-order valence-electron chi connectivity index (χ0n) is 10.2. The molecule has 0 aromatic heterocycles. The molecular formula is C14H11NO4. The van der Waals surface area contributed by atoms with E-state index in [-0.39, 0.29) is 5.69 Å². The number of nitro groups is 1. The van der Waals surface area contributed by atoms with Crippen LogP contribution in [0.15, 0.2) is 42.5 Å². The molecule has 19 heavy (non-hydrogen) atoms.